The first-order chi connectivity index (χ1) is 20.9. The zero-order valence-corrected chi connectivity index (χ0v) is 27.1. The highest BCUT2D eigenvalue weighted by atomic mass is 19.4. The summed E-state index contributed by atoms with van der Waals surface area (Å²) in [5.41, 5.74) is 0. The minimum absolute atomic E-state index is 0. The van der Waals surface area contributed by atoms with Gasteiger partial charge in [0.05, 0.1) is 18.8 Å². The van der Waals surface area contributed by atoms with Crippen molar-refractivity contribution in [3.8, 4) is 0 Å². The van der Waals surface area contributed by atoms with Gasteiger partial charge in [0, 0.05) is 33.5 Å². The molecule has 0 saturated heterocycles. The van der Waals surface area contributed by atoms with Crippen LogP contribution in [0.1, 0.15) is 154 Å². The van der Waals surface area contributed by atoms with Crippen molar-refractivity contribution in [1.29, 1.82) is 0 Å². The number of aliphatic hydroxyl groups excluding tert-OH is 1. The number of hydrogen-bond acceptors (Lipinski definition) is 8. The van der Waals surface area contributed by atoms with Crippen LogP contribution in [0.4, 0.5) is 44.3 Å². The Morgan fingerprint density at radius 3 is 1.07 bits per heavy atom. The molecule has 0 aliphatic carbocycles. The fourth-order valence-electron chi connectivity index (χ4n) is 1.74. The molecule has 54 heavy (non-hydrogen) atoms. The van der Waals surface area contributed by atoms with Crippen LogP contribution in [0.15, 0.2) is 0 Å². The van der Waals surface area contributed by atoms with Gasteiger partial charge in [-0.05, 0) is 59.5 Å². The van der Waals surface area contributed by atoms with E-state index in [2.05, 4.69) is 28.5 Å². The lowest BCUT2D eigenvalue weighted by Crippen LogP contribution is -2.18. The van der Waals surface area contributed by atoms with E-state index < -0.39 is 33.4 Å². The lowest BCUT2D eigenvalue weighted by molar-refractivity contribution is -0.357. The van der Waals surface area contributed by atoms with E-state index in [1.807, 2.05) is 32.6 Å². The van der Waals surface area contributed by atoms with Gasteiger partial charge in [0.25, 0.3) is 0 Å². The quantitative estimate of drug-likeness (QED) is 0.102. The standard InChI is InChI=1S/C8H18O2.C5H11FO.C5H12O.C4H9FO.C2H2F4O.2CH2F2O.10CH4/c1-4-5-8(9)6-7(2)10-3;1-2-4-7-5-3-6;1-3-5-6-4-2;1-2-3-6-4-5;3-1-2(4,5)7-6;2*2-1-4-3;;;;;;;;;;/h7-9H,4-6H2,1-3H3;2-5H2,1H3;3-5H2,1-2H3;2-4H2,1H3;1H2;2*1H2;10*1H4. The summed E-state index contributed by atoms with van der Waals surface area (Å²) in [5.74, 6) is 0. The molecule has 2 atom stereocenters. The molecule has 2 unspecified atom stereocenters. The monoisotopic (exact) mass is 847 g/mol. The maximum absolute atomic E-state index is 11.2. The molecule has 8 nitrogen and oxygen atoms in total. The van der Waals surface area contributed by atoms with Gasteiger partial charge in [-0.25, -0.2) is 22.0 Å². The molecule has 0 radical (unpaired) electrons. The van der Waals surface area contributed by atoms with Crippen molar-refractivity contribution in [3.05, 3.63) is 0 Å². The molecule has 0 aromatic rings. The molecule has 0 aliphatic rings. The maximum Gasteiger partial charge on any atom is 0.413 e. The molecule has 1 N–H and O–H groups in total. The van der Waals surface area contributed by atoms with Crippen molar-refractivity contribution in [1.82, 2.24) is 0 Å². The topological polar surface area (TPSA) is 84.8 Å². The van der Waals surface area contributed by atoms with Gasteiger partial charge in [-0.15, -0.1) is 4.94 Å². The van der Waals surface area contributed by atoms with E-state index in [0.29, 0.717) is 13.2 Å². The first-order valence-electron chi connectivity index (χ1n) is 13.8. The summed E-state index contributed by atoms with van der Waals surface area (Å²) in [6.07, 6.45) is 1.43. The second-order valence-electron chi connectivity index (χ2n) is 7.52. The third-order valence-electron chi connectivity index (χ3n) is 3.53. The van der Waals surface area contributed by atoms with Gasteiger partial charge in [-0.1, -0.05) is 108 Å². The molecule has 0 saturated carbocycles. The molecule has 0 aromatic carbocycles. The highest BCUT2D eigenvalue weighted by molar-refractivity contribution is 4.59. The molecular formula is C36H96F10O8. The highest BCUT2D eigenvalue weighted by Crippen LogP contribution is 2.14. The Kier molecular flexibility index (Phi) is 240. The maximum atomic E-state index is 11.2. The zero-order chi connectivity index (χ0) is 35.9. The first-order valence-corrected chi connectivity index (χ1v) is 13.8. The van der Waals surface area contributed by atoms with Gasteiger partial charge >= 0.3 is 6.11 Å². The summed E-state index contributed by atoms with van der Waals surface area (Å²) >= 11 is 0. The minimum atomic E-state index is -4.25. The Bertz CT molecular complexity index is 388. The predicted octanol–water partition coefficient (Wildman–Crippen LogP) is 15.2. The Morgan fingerprint density at radius 2 is 0.907 bits per heavy atom. The fraction of sp³-hybridized carbons (Fsp3) is 1.00. The van der Waals surface area contributed by atoms with E-state index in [-0.39, 0.29) is 99.8 Å². The molecule has 0 spiro atoms. The SMILES string of the molecule is C.C.C.C.C.C.C.C.C.C.CCCC(O)CC(C)OC.CCCOCC.CCCOCCF.CCCOCF.FCC(F)(F)OF.FCOF.FCOF. The van der Waals surface area contributed by atoms with E-state index in [0.717, 1.165) is 51.7 Å². The molecule has 0 aliphatic heterocycles. The predicted molar refractivity (Wildman–Crippen MR) is 215 cm³/mol. The van der Waals surface area contributed by atoms with E-state index in [9.17, 15) is 49.4 Å². The van der Waals surface area contributed by atoms with Crippen molar-refractivity contribution >= 4 is 0 Å². The van der Waals surface area contributed by atoms with Gasteiger partial charge in [-0.2, -0.15) is 18.7 Å². The molecule has 18 heteroatoms. The van der Waals surface area contributed by atoms with Crippen molar-refractivity contribution in [2.45, 2.75) is 173 Å². The summed E-state index contributed by atoms with van der Waals surface area (Å²) in [7, 11) is 1.67. The van der Waals surface area contributed by atoms with Crippen molar-refractivity contribution in [3.63, 3.8) is 0 Å². The lowest BCUT2D eigenvalue weighted by Gasteiger charge is -2.13. The average molecular weight is 847 g/mol. The van der Waals surface area contributed by atoms with E-state index in [1.165, 1.54) is 0 Å². The van der Waals surface area contributed by atoms with Gasteiger partial charge in [0.2, 0.25) is 13.7 Å². The van der Waals surface area contributed by atoms with Crippen LogP contribution in [0.5, 0.6) is 0 Å². The molecule has 358 valence electrons. The normalized spacial score (nSPS) is 9.00. The molecule has 0 heterocycles. The van der Waals surface area contributed by atoms with Crippen LogP contribution < -0.4 is 0 Å². The highest BCUT2D eigenvalue weighted by Gasteiger charge is 2.31. The molecule has 0 aromatic heterocycles. The molecule has 0 amide bonds. The average Bonchev–Trinajstić information content (AvgIpc) is 3.04. The minimum Gasteiger partial charge on any atom is -0.393 e. The number of rotatable bonds is 19. The number of methoxy groups -OCH3 is 1. The first kappa shape index (κ1) is 111. The van der Waals surface area contributed by atoms with Crippen LogP contribution in [0.3, 0.4) is 0 Å². The fourth-order valence-corrected chi connectivity index (χ4v) is 1.74. The van der Waals surface area contributed by atoms with Crippen LogP contribution in [0, 0.1) is 0 Å². The van der Waals surface area contributed by atoms with Crippen LogP contribution in [0.2, 0.25) is 0 Å². The molecule has 0 rings (SSSR count). The van der Waals surface area contributed by atoms with Crippen LogP contribution in [0.25, 0.3) is 0 Å². The van der Waals surface area contributed by atoms with Gasteiger partial charge in [0.15, 0.2) is 13.5 Å². The van der Waals surface area contributed by atoms with Gasteiger partial charge in [0.1, 0.15) is 6.67 Å². The van der Waals surface area contributed by atoms with Crippen molar-refractivity contribution in [2.24, 2.45) is 0 Å². The Balaban J connectivity index is -0.0000000194. The molecule has 0 fully saturated rings. The Labute approximate surface area is 330 Å². The third kappa shape index (κ3) is 189. The number of halogens is 10. The van der Waals surface area contributed by atoms with E-state index in [1.54, 1.807) is 7.11 Å². The van der Waals surface area contributed by atoms with Crippen LogP contribution >= 0.6 is 0 Å². The number of ether oxygens (including phenoxy) is 4. The van der Waals surface area contributed by atoms with E-state index in [4.69, 9.17) is 14.2 Å². The lowest BCUT2D eigenvalue weighted by atomic mass is 10.1. The molecular weight excluding hydrogens is 750 g/mol. The second-order valence-corrected chi connectivity index (χ2v) is 7.52. The summed E-state index contributed by atoms with van der Waals surface area (Å²) in [6.45, 7) is 9.51. The van der Waals surface area contributed by atoms with Crippen LogP contribution in [-0.4, -0.2) is 97.5 Å². The summed E-state index contributed by atoms with van der Waals surface area (Å²) in [4.78, 5) is 6.63. The summed E-state index contributed by atoms with van der Waals surface area (Å²) < 4.78 is 124. The molecule has 0 bridgehead atoms. The zero-order valence-electron chi connectivity index (χ0n) is 27.1. The summed E-state index contributed by atoms with van der Waals surface area (Å²) in [5, 5.41) is 9.27. The van der Waals surface area contributed by atoms with Crippen LogP contribution in [-0.2, 0) is 33.8 Å². The Morgan fingerprint density at radius 1 is 0.556 bits per heavy atom. The third-order valence-corrected chi connectivity index (χ3v) is 3.53. The number of hydrogen-bond donors (Lipinski definition) is 1. The van der Waals surface area contributed by atoms with Gasteiger partial charge < -0.3 is 24.1 Å². The smallest absolute Gasteiger partial charge is 0.393 e. The van der Waals surface area contributed by atoms with Crippen molar-refractivity contribution < 1.29 is 83.2 Å². The van der Waals surface area contributed by atoms with Gasteiger partial charge in [-0.3, -0.25) is 0 Å². The van der Waals surface area contributed by atoms with E-state index >= 15 is 0 Å². The largest absolute Gasteiger partial charge is 0.413 e. The van der Waals surface area contributed by atoms with Crippen molar-refractivity contribution in [2.75, 3.05) is 74.1 Å². The summed E-state index contributed by atoms with van der Waals surface area (Å²) in [6, 6.07) is 0. The Hall–Kier alpha value is -1.02. The number of alkyl halides is 7. The number of aliphatic hydroxyl groups is 1. The second kappa shape index (κ2) is 117.